The summed E-state index contributed by atoms with van der Waals surface area (Å²) in [4.78, 5) is 31.6. The summed E-state index contributed by atoms with van der Waals surface area (Å²) in [6.07, 6.45) is 0. The van der Waals surface area contributed by atoms with Gasteiger partial charge in [0.1, 0.15) is 13.2 Å². The molecule has 0 aromatic carbocycles. The van der Waals surface area contributed by atoms with E-state index in [2.05, 4.69) is 19.7 Å². The van der Waals surface area contributed by atoms with Gasteiger partial charge in [-0.2, -0.15) is 0 Å². The lowest BCUT2D eigenvalue weighted by atomic mass is 10.4. The zero-order valence-electron chi connectivity index (χ0n) is 15.7. The fraction of sp³-hybridized carbons (Fsp3) is 0.500. The zero-order valence-corrected chi connectivity index (χ0v) is 15.7. The van der Waals surface area contributed by atoms with Gasteiger partial charge in [-0.25, -0.2) is 14.4 Å². The molecule has 0 fully saturated rings. The summed E-state index contributed by atoms with van der Waals surface area (Å²) in [5, 5.41) is 7.89. The molecule has 0 saturated carbocycles. The average Bonchev–Trinajstić information content (AvgIpc) is 2.56. The van der Waals surface area contributed by atoms with Crippen molar-refractivity contribution >= 4 is 17.9 Å². The predicted molar refractivity (Wildman–Crippen MR) is 95.6 cm³/mol. The Morgan fingerprint density at radius 2 is 0.923 bits per heavy atom. The number of esters is 2. The molecule has 8 nitrogen and oxygen atoms in total. The molecule has 0 atom stereocenters. The monoisotopic (exact) mass is 372 g/mol. The molecule has 0 aliphatic heterocycles. The molecule has 26 heavy (non-hydrogen) atoms. The molecular weight excluding hydrogens is 344 g/mol. The SMILES string of the molecule is C=C(C)C(=O)O.C=C(C)C(=O)OCCOCCOCCOC(=O)C(=C)C. The molecule has 0 rings (SSSR count). The highest BCUT2D eigenvalue weighted by Gasteiger charge is 2.03. The largest absolute Gasteiger partial charge is 0.478 e. The first-order valence-corrected chi connectivity index (χ1v) is 7.79. The molecule has 148 valence electrons. The molecule has 0 spiro atoms. The third-order valence-electron chi connectivity index (χ3n) is 2.36. The van der Waals surface area contributed by atoms with E-state index >= 15 is 0 Å². The number of carboxylic acid groups (broad SMARTS) is 1. The van der Waals surface area contributed by atoms with Gasteiger partial charge in [0.15, 0.2) is 0 Å². The molecule has 8 heteroatoms. The van der Waals surface area contributed by atoms with E-state index in [1.807, 2.05) is 0 Å². The van der Waals surface area contributed by atoms with Crippen molar-refractivity contribution in [3.63, 3.8) is 0 Å². The van der Waals surface area contributed by atoms with E-state index in [4.69, 9.17) is 24.1 Å². The van der Waals surface area contributed by atoms with Gasteiger partial charge in [0.05, 0.1) is 26.4 Å². The van der Waals surface area contributed by atoms with Gasteiger partial charge in [0, 0.05) is 16.7 Å². The number of hydrogen-bond acceptors (Lipinski definition) is 7. The van der Waals surface area contributed by atoms with Crippen molar-refractivity contribution in [1.82, 2.24) is 0 Å². The van der Waals surface area contributed by atoms with Crippen molar-refractivity contribution in [3.05, 3.63) is 36.5 Å². The second-order valence-corrected chi connectivity index (χ2v) is 5.14. The molecule has 0 bridgehead atoms. The smallest absolute Gasteiger partial charge is 0.333 e. The second kappa shape index (κ2) is 16.0. The summed E-state index contributed by atoms with van der Waals surface area (Å²) in [7, 11) is 0. The first-order chi connectivity index (χ1) is 12.1. The summed E-state index contributed by atoms with van der Waals surface area (Å²) >= 11 is 0. The van der Waals surface area contributed by atoms with Crippen molar-refractivity contribution in [1.29, 1.82) is 0 Å². The third kappa shape index (κ3) is 17.9. The Kier molecular flexibility index (Phi) is 15.9. The van der Waals surface area contributed by atoms with Gasteiger partial charge in [-0.1, -0.05) is 19.7 Å². The Morgan fingerprint density at radius 1 is 0.654 bits per heavy atom. The predicted octanol–water partition coefficient (Wildman–Crippen LogP) is 1.91. The lowest BCUT2D eigenvalue weighted by Crippen LogP contribution is -2.15. The fourth-order valence-corrected chi connectivity index (χ4v) is 0.955. The highest BCUT2D eigenvalue weighted by atomic mass is 16.6. The molecule has 0 radical (unpaired) electrons. The highest BCUT2D eigenvalue weighted by molar-refractivity contribution is 5.87. The Morgan fingerprint density at radius 3 is 1.15 bits per heavy atom. The summed E-state index contributed by atoms with van der Waals surface area (Å²) in [6, 6.07) is 0. The van der Waals surface area contributed by atoms with Crippen LogP contribution in [0.3, 0.4) is 0 Å². The van der Waals surface area contributed by atoms with Gasteiger partial charge >= 0.3 is 17.9 Å². The van der Waals surface area contributed by atoms with Crippen LogP contribution < -0.4 is 0 Å². The van der Waals surface area contributed by atoms with Crippen LogP contribution in [0.15, 0.2) is 36.5 Å². The Hall–Kier alpha value is -2.45. The number of carbonyl (C=O) groups is 3. The van der Waals surface area contributed by atoms with Crippen LogP contribution in [-0.2, 0) is 33.3 Å². The Bertz CT molecular complexity index is 461. The fourth-order valence-electron chi connectivity index (χ4n) is 0.955. The minimum absolute atomic E-state index is 0.176. The van der Waals surface area contributed by atoms with Gasteiger partial charge in [-0.3, -0.25) is 0 Å². The van der Waals surface area contributed by atoms with E-state index in [0.717, 1.165) is 0 Å². The average molecular weight is 372 g/mol. The Labute approximate surface area is 154 Å². The number of carbonyl (C=O) groups excluding carboxylic acids is 2. The molecule has 0 unspecified atom stereocenters. The van der Waals surface area contributed by atoms with E-state index in [0.29, 0.717) is 37.6 Å². The van der Waals surface area contributed by atoms with E-state index < -0.39 is 17.9 Å². The van der Waals surface area contributed by atoms with Gasteiger partial charge in [0.2, 0.25) is 0 Å². The number of rotatable bonds is 12. The van der Waals surface area contributed by atoms with Crippen LogP contribution in [0.5, 0.6) is 0 Å². The topological polar surface area (TPSA) is 108 Å². The maximum absolute atomic E-state index is 11.0. The van der Waals surface area contributed by atoms with Crippen LogP contribution >= 0.6 is 0 Å². The third-order valence-corrected chi connectivity index (χ3v) is 2.36. The van der Waals surface area contributed by atoms with Crippen molar-refractivity contribution in [2.45, 2.75) is 20.8 Å². The van der Waals surface area contributed by atoms with Crippen molar-refractivity contribution in [2.24, 2.45) is 0 Å². The number of ether oxygens (including phenoxy) is 4. The van der Waals surface area contributed by atoms with E-state index in [1.54, 1.807) is 13.8 Å². The molecule has 0 amide bonds. The quantitative estimate of drug-likeness (QED) is 0.314. The molecule has 0 heterocycles. The molecule has 0 aliphatic rings. The summed E-state index contributed by atoms with van der Waals surface area (Å²) in [6.45, 7) is 16.4. The summed E-state index contributed by atoms with van der Waals surface area (Å²) in [5.41, 5.74) is 0.894. The van der Waals surface area contributed by atoms with E-state index in [1.165, 1.54) is 6.92 Å². The van der Waals surface area contributed by atoms with Crippen LogP contribution in [0.1, 0.15) is 20.8 Å². The highest BCUT2D eigenvalue weighted by Crippen LogP contribution is 1.93. The lowest BCUT2D eigenvalue weighted by Gasteiger charge is -2.07. The van der Waals surface area contributed by atoms with Gasteiger partial charge in [-0.05, 0) is 20.8 Å². The molecule has 0 aromatic heterocycles. The normalized spacial score (nSPS) is 9.35. The zero-order chi connectivity index (χ0) is 20.5. The van der Waals surface area contributed by atoms with Crippen molar-refractivity contribution in [3.8, 4) is 0 Å². The van der Waals surface area contributed by atoms with Crippen molar-refractivity contribution in [2.75, 3.05) is 39.6 Å². The van der Waals surface area contributed by atoms with Crippen LogP contribution in [0.25, 0.3) is 0 Å². The molecule has 0 saturated heterocycles. The Balaban J connectivity index is 0. The first-order valence-electron chi connectivity index (χ1n) is 7.79. The van der Waals surface area contributed by atoms with Crippen LogP contribution in [0, 0.1) is 0 Å². The maximum atomic E-state index is 11.0. The van der Waals surface area contributed by atoms with Gasteiger partial charge in [-0.15, -0.1) is 0 Å². The molecule has 0 aliphatic carbocycles. The minimum atomic E-state index is -0.935. The number of hydrogen-bond donors (Lipinski definition) is 1. The summed E-state index contributed by atoms with van der Waals surface area (Å²) < 4.78 is 20.0. The minimum Gasteiger partial charge on any atom is -0.478 e. The lowest BCUT2D eigenvalue weighted by molar-refractivity contribution is -0.142. The summed E-state index contributed by atoms with van der Waals surface area (Å²) in [5.74, 6) is -1.79. The molecule has 0 aromatic rings. The van der Waals surface area contributed by atoms with E-state index in [-0.39, 0.29) is 18.8 Å². The first kappa shape index (κ1) is 25.8. The number of aliphatic carboxylic acids is 1. The van der Waals surface area contributed by atoms with Gasteiger partial charge < -0.3 is 24.1 Å². The number of carboxylic acids is 1. The van der Waals surface area contributed by atoms with E-state index in [9.17, 15) is 14.4 Å². The van der Waals surface area contributed by atoms with Gasteiger partial charge in [0.25, 0.3) is 0 Å². The molecule has 1 N–H and O–H groups in total. The van der Waals surface area contributed by atoms with Crippen LogP contribution in [0.4, 0.5) is 0 Å². The second-order valence-electron chi connectivity index (χ2n) is 5.14. The van der Waals surface area contributed by atoms with Crippen LogP contribution in [-0.4, -0.2) is 62.7 Å². The molecular formula is C18H28O8. The standard InChI is InChI=1S/C14H22O6.C4H6O2/c1-11(2)13(15)19-9-7-17-5-6-18-8-10-20-14(16)12(3)4;1-3(2)4(5)6/h1,3,5-10H2,2,4H3;1H2,2H3,(H,5,6). The van der Waals surface area contributed by atoms with Crippen molar-refractivity contribution < 1.29 is 38.4 Å². The maximum Gasteiger partial charge on any atom is 0.333 e. The van der Waals surface area contributed by atoms with Crippen LogP contribution in [0.2, 0.25) is 0 Å².